The summed E-state index contributed by atoms with van der Waals surface area (Å²) in [5.74, 6) is 60.6. The molecule has 0 bridgehead atoms. The van der Waals surface area contributed by atoms with E-state index < -0.39 is 0 Å². The van der Waals surface area contributed by atoms with Crippen molar-refractivity contribution < 1.29 is 0 Å². The molecule has 0 unspecified atom stereocenters. The van der Waals surface area contributed by atoms with Gasteiger partial charge in [0.1, 0.15) is 0 Å². The van der Waals surface area contributed by atoms with Gasteiger partial charge >= 0.3 is 0 Å². The maximum absolute atomic E-state index is 2.63. The summed E-state index contributed by atoms with van der Waals surface area (Å²) in [4.78, 5) is 0. The van der Waals surface area contributed by atoms with Crippen molar-refractivity contribution in [2.75, 3.05) is 0 Å². The summed E-state index contributed by atoms with van der Waals surface area (Å²) in [7, 11) is 0. The Hall–Kier alpha value is -5.28. The first kappa shape index (κ1) is 20.7. The molecule has 0 spiro atoms. The van der Waals surface area contributed by atoms with Crippen LogP contribution in [0.2, 0.25) is 0 Å². The Labute approximate surface area is 156 Å². The highest BCUT2D eigenvalue weighted by atomic mass is 13.6. The Morgan fingerprint density at radius 1 is 0.192 bits per heavy atom. The average molecular weight is 318 g/mol. The Kier molecular flexibility index (Phi) is 15.7. The topological polar surface area (TPSA) is 0 Å². The summed E-state index contributed by atoms with van der Waals surface area (Å²) >= 11 is 0. The van der Waals surface area contributed by atoms with Gasteiger partial charge in [-0.1, -0.05) is 11.8 Å². The van der Waals surface area contributed by atoms with E-state index in [2.05, 4.69) is 142 Å². The van der Waals surface area contributed by atoms with Gasteiger partial charge in [-0.25, -0.2) is 0 Å². The van der Waals surface area contributed by atoms with Crippen molar-refractivity contribution in [1.82, 2.24) is 0 Å². The van der Waals surface area contributed by atoms with Crippen LogP contribution in [0.1, 0.15) is 13.8 Å². The van der Waals surface area contributed by atoms with Crippen LogP contribution >= 0.6 is 0 Å². The van der Waals surface area contributed by atoms with E-state index in [0.29, 0.717) is 0 Å². The van der Waals surface area contributed by atoms with Gasteiger partial charge in [0, 0.05) is 35.5 Å². The third-order valence-electron chi connectivity index (χ3n) is 1.56. The molecule has 0 radical (unpaired) electrons. The van der Waals surface area contributed by atoms with Crippen molar-refractivity contribution >= 4 is 0 Å². The Balaban J connectivity index is 4.42. The third-order valence-corrected chi connectivity index (χ3v) is 1.56. The largest absolute Gasteiger partial charge is 0.0925 e. The Bertz CT molecular complexity index is 1180. The molecule has 26 heavy (non-hydrogen) atoms. The van der Waals surface area contributed by atoms with Crippen molar-refractivity contribution in [3.63, 3.8) is 0 Å². The van der Waals surface area contributed by atoms with Crippen molar-refractivity contribution in [2.24, 2.45) is 0 Å². The fourth-order valence-corrected chi connectivity index (χ4v) is 0.750. The first-order chi connectivity index (χ1) is 12.9. The molecule has 0 heterocycles. The quantitative estimate of drug-likeness (QED) is 0.586. The van der Waals surface area contributed by atoms with Gasteiger partial charge in [-0.3, -0.25) is 0 Å². The molecule has 0 saturated carbocycles. The molecular formula is C26H6. The first-order valence-corrected chi connectivity index (χ1v) is 6.75. The minimum absolute atomic E-state index is 1.70. The Morgan fingerprint density at radius 2 is 0.308 bits per heavy atom. The summed E-state index contributed by atoms with van der Waals surface area (Å²) in [6.45, 7) is 3.39. The second-order valence-electron chi connectivity index (χ2n) is 3.25. The molecule has 0 fully saturated rings. The predicted octanol–water partition coefficient (Wildman–Crippen LogP) is 1.07. The lowest BCUT2D eigenvalue weighted by molar-refractivity contribution is 1.92. The van der Waals surface area contributed by atoms with Crippen LogP contribution in [0.15, 0.2) is 0 Å². The van der Waals surface area contributed by atoms with Crippen molar-refractivity contribution in [3.05, 3.63) is 0 Å². The highest BCUT2D eigenvalue weighted by Crippen LogP contribution is 1.59. The monoisotopic (exact) mass is 318 g/mol. The molecule has 0 rings (SSSR count). The van der Waals surface area contributed by atoms with Crippen LogP contribution in [0, 0.1) is 142 Å². The van der Waals surface area contributed by atoms with E-state index in [0.717, 1.165) is 0 Å². The molecule has 0 aromatic rings. The zero-order valence-corrected chi connectivity index (χ0v) is 14.0. The van der Waals surface area contributed by atoms with Crippen LogP contribution < -0.4 is 0 Å². The molecule has 0 nitrogen and oxygen atoms in total. The summed E-state index contributed by atoms with van der Waals surface area (Å²) in [6.07, 6.45) is 0. The highest BCUT2D eigenvalue weighted by molar-refractivity contribution is 5.47. The fourth-order valence-electron chi connectivity index (χ4n) is 0.750. The smallest absolute Gasteiger partial charge is 0 e. The molecule has 0 aromatic heterocycles. The van der Waals surface area contributed by atoms with Gasteiger partial charge in [0.2, 0.25) is 0 Å². The van der Waals surface area contributed by atoms with Crippen molar-refractivity contribution in [1.29, 1.82) is 0 Å². The van der Waals surface area contributed by atoms with E-state index in [1.807, 2.05) is 0 Å². The van der Waals surface area contributed by atoms with E-state index >= 15 is 0 Å². The molecule has 0 aliphatic rings. The molecule has 0 aliphatic carbocycles. The summed E-state index contributed by atoms with van der Waals surface area (Å²) in [6, 6.07) is 0. The molecule has 0 heteroatoms. The first-order valence-electron chi connectivity index (χ1n) is 6.75. The van der Waals surface area contributed by atoms with Crippen LogP contribution in [-0.2, 0) is 0 Å². The maximum atomic E-state index is 2.63. The molecule has 0 atom stereocenters. The zero-order valence-electron chi connectivity index (χ0n) is 14.0. The van der Waals surface area contributed by atoms with Crippen molar-refractivity contribution in [2.45, 2.75) is 13.8 Å². The van der Waals surface area contributed by atoms with Gasteiger partial charge in [-0.2, -0.15) is 0 Å². The Morgan fingerprint density at radius 3 is 0.423 bits per heavy atom. The van der Waals surface area contributed by atoms with Crippen LogP contribution in [0.5, 0.6) is 0 Å². The predicted molar refractivity (Wildman–Crippen MR) is 105 cm³/mol. The van der Waals surface area contributed by atoms with Crippen molar-refractivity contribution in [3.8, 4) is 142 Å². The van der Waals surface area contributed by atoms with Crippen LogP contribution in [0.4, 0.5) is 0 Å². The number of hydrogen-bond acceptors (Lipinski definition) is 0. The van der Waals surface area contributed by atoms with Crippen LogP contribution in [0.3, 0.4) is 0 Å². The molecule has 0 saturated heterocycles. The minimum atomic E-state index is 1.70. The second-order valence-corrected chi connectivity index (χ2v) is 3.25. The molecular weight excluding hydrogens is 312 g/mol. The maximum Gasteiger partial charge on any atom is 0 e. The molecule has 0 amide bonds. The number of hydrogen-bond donors (Lipinski definition) is 0. The van der Waals surface area contributed by atoms with Gasteiger partial charge in [0.05, 0.1) is 0 Å². The van der Waals surface area contributed by atoms with Gasteiger partial charge in [-0.05, 0) is 109 Å². The second kappa shape index (κ2) is 19.7. The lowest BCUT2D eigenvalue weighted by Gasteiger charge is -1.57. The lowest BCUT2D eigenvalue weighted by atomic mass is 10.4. The van der Waals surface area contributed by atoms with Gasteiger partial charge < -0.3 is 0 Å². The van der Waals surface area contributed by atoms with Crippen LogP contribution in [0.25, 0.3) is 0 Å². The average Bonchev–Trinajstić information content (AvgIpc) is 2.66. The van der Waals surface area contributed by atoms with E-state index in [9.17, 15) is 0 Å². The minimum Gasteiger partial charge on any atom is -0.0925 e. The molecule has 0 aliphatic heterocycles. The standard InChI is InChI=1S/C26H6/c1-3-5-7-9-11-13-15-17-19-21-23-25-26-24-22-20-18-16-14-12-10-8-6-4-2/h1-2H3. The van der Waals surface area contributed by atoms with E-state index in [1.165, 1.54) is 0 Å². The summed E-state index contributed by atoms with van der Waals surface area (Å²) < 4.78 is 0. The normalized spacial score (nSPS) is 3.92. The summed E-state index contributed by atoms with van der Waals surface area (Å²) in [5.41, 5.74) is 0. The lowest BCUT2D eigenvalue weighted by Crippen LogP contribution is -1.56. The molecule has 0 aromatic carbocycles. The SMILES string of the molecule is CC#CC#CC#CC#CC#CC#CC#CC#CC#CC#CC#CC#CC. The zero-order chi connectivity index (χ0) is 19.0. The van der Waals surface area contributed by atoms with Gasteiger partial charge in [-0.15, -0.1) is 0 Å². The van der Waals surface area contributed by atoms with Gasteiger partial charge in [0.25, 0.3) is 0 Å². The highest BCUT2D eigenvalue weighted by Gasteiger charge is 1.59. The van der Waals surface area contributed by atoms with E-state index in [4.69, 9.17) is 0 Å². The molecule has 110 valence electrons. The van der Waals surface area contributed by atoms with E-state index in [-0.39, 0.29) is 0 Å². The fraction of sp³-hybridized carbons (Fsp3) is 0.0769. The third kappa shape index (κ3) is 18.7. The number of rotatable bonds is 0. The molecule has 0 N–H and O–H groups in total. The van der Waals surface area contributed by atoms with E-state index in [1.54, 1.807) is 13.8 Å². The summed E-state index contributed by atoms with van der Waals surface area (Å²) in [5, 5.41) is 0. The van der Waals surface area contributed by atoms with Gasteiger partial charge in [0.15, 0.2) is 0 Å². The van der Waals surface area contributed by atoms with Crippen LogP contribution in [-0.4, -0.2) is 0 Å².